The predicted molar refractivity (Wildman–Crippen MR) is 78.8 cm³/mol. The highest BCUT2D eigenvalue weighted by Crippen LogP contribution is 2.18. The van der Waals surface area contributed by atoms with Gasteiger partial charge in [0.25, 0.3) is 5.91 Å². The Kier molecular flexibility index (Phi) is 4.46. The number of hydrogen-bond acceptors (Lipinski definition) is 1. The van der Waals surface area contributed by atoms with Gasteiger partial charge in [-0.3, -0.25) is 4.79 Å². The number of carbonyl (C=O) groups is 1. The third kappa shape index (κ3) is 3.49. The molecule has 0 unspecified atom stereocenters. The first-order valence-electron chi connectivity index (χ1n) is 5.85. The molecule has 0 spiro atoms. The molecular weight excluding hydrogens is 281 g/mol. The van der Waals surface area contributed by atoms with E-state index in [9.17, 15) is 4.79 Å². The van der Waals surface area contributed by atoms with Gasteiger partial charge >= 0.3 is 0 Å². The van der Waals surface area contributed by atoms with Crippen LogP contribution in [-0.2, 0) is 6.54 Å². The number of hydrogen-bond donors (Lipinski definition) is 1. The largest absolute Gasteiger partial charge is 0.348 e. The lowest BCUT2D eigenvalue weighted by Crippen LogP contribution is -2.23. The van der Waals surface area contributed by atoms with E-state index >= 15 is 0 Å². The second-order valence-electron chi connectivity index (χ2n) is 4.26. The minimum atomic E-state index is -0.204. The summed E-state index contributed by atoms with van der Waals surface area (Å²) >= 11 is 12.1. The molecule has 0 aliphatic carbocycles. The smallest absolute Gasteiger partial charge is 0.253 e. The molecule has 0 aromatic heterocycles. The fraction of sp³-hybridized carbons (Fsp3) is 0.133. The molecule has 4 heteroatoms. The summed E-state index contributed by atoms with van der Waals surface area (Å²) in [4.78, 5) is 12.0. The highest BCUT2D eigenvalue weighted by atomic mass is 35.5. The fourth-order valence-corrected chi connectivity index (χ4v) is 2.24. The first-order chi connectivity index (χ1) is 9.08. The molecule has 0 aliphatic rings. The summed E-state index contributed by atoms with van der Waals surface area (Å²) in [6, 6.07) is 12.7. The molecule has 0 fully saturated rings. The van der Waals surface area contributed by atoms with Gasteiger partial charge < -0.3 is 5.32 Å². The molecular formula is C15H13Cl2NO. The van der Waals surface area contributed by atoms with Crippen molar-refractivity contribution in [3.63, 3.8) is 0 Å². The molecule has 0 radical (unpaired) electrons. The Morgan fingerprint density at radius 1 is 1.11 bits per heavy atom. The lowest BCUT2D eigenvalue weighted by molar-refractivity contribution is 0.0951. The zero-order valence-electron chi connectivity index (χ0n) is 10.4. The Hall–Kier alpha value is -1.51. The molecule has 98 valence electrons. The van der Waals surface area contributed by atoms with E-state index in [1.165, 1.54) is 0 Å². The van der Waals surface area contributed by atoms with E-state index in [1.807, 2.05) is 31.2 Å². The first-order valence-corrected chi connectivity index (χ1v) is 6.61. The highest BCUT2D eigenvalue weighted by molar-refractivity contribution is 6.34. The summed E-state index contributed by atoms with van der Waals surface area (Å²) in [6.07, 6.45) is 0. The molecule has 0 aliphatic heterocycles. The van der Waals surface area contributed by atoms with E-state index in [-0.39, 0.29) is 5.91 Å². The summed E-state index contributed by atoms with van der Waals surface area (Å²) in [5.74, 6) is -0.204. The van der Waals surface area contributed by atoms with Crippen molar-refractivity contribution in [2.75, 3.05) is 0 Å². The summed E-state index contributed by atoms with van der Waals surface area (Å²) in [5.41, 5.74) is 2.37. The van der Waals surface area contributed by atoms with Crippen molar-refractivity contribution in [3.8, 4) is 0 Å². The van der Waals surface area contributed by atoms with Crippen LogP contribution in [-0.4, -0.2) is 5.91 Å². The highest BCUT2D eigenvalue weighted by Gasteiger charge is 2.10. The van der Waals surface area contributed by atoms with Crippen molar-refractivity contribution in [2.45, 2.75) is 13.5 Å². The number of nitrogens with one attached hydrogen (secondary N) is 1. The third-order valence-electron chi connectivity index (χ3n) is 2.77. The van der Waals surface area contributed by atoms with E-state index in [0.29, 0.717) is 22.2 Å². The summed E-state index contributed by atoms with van der Waals surface area (Å²) in [6.45, 7) is 2.31. The normalized spacial score (nSPS) is 10.3. The lowest BCUT2D eigenvalue weighted by Gasteiger charge is -2.08. The first kappa shape index (κ1) is 13.9. The maximum Gasteiger partial charge on any atom is 0.253 e. The number of carbonyl (C=O) groups excluding carboxylic acids is 1. The van der Waals surface area contributed by atoms with Crippen molar-refractivity contribution in [1.82, 2.24) is 5.32 Å². The molecule has 1 N–H and O–H groups in total. The number of benzene rings is 2. The van der Waals surface area contributed by atoms with Gasteiger partial charge in [0.2, 0.25) is 0 Å². The molecule has 2 aromatic rings. The lowest BCUT2D eigenvalue weighted by atomic mass is 10.1. The van der Waals surface area contributed by atoms with Gasteiger partial charge in [0.1, 0.15) is 0 Å². The average Bonchev–Trinajstić information content (AvgIpc) is 2.37. The SMILES string of the molecule is Cc1ccc(C(=O)NCc2ccccc2Cl)c(Cl)c1. The molecule has 2 aromatic carbocycles. The monoisotopic (exact) mass is 293 g/mol. The van der Waals surface area contributed by atoms with Crippen LogP contribution in [0, 0.1) is 6.92 Å². The molecule has 0 saturated heterocycles. The van der Waals surface area contributed by atoms with Crippen molar-refractivity contribution in [1.29, 1.82) is 0 Å². The van der Waals surface area contributed by atoms with E-state index < -0.39 is 0 Å². The standard InChI is InChI=1S/C15H13Cl2NO/c1-10-6-7-12(14(17)8-10)15(19)18-9-11-4-2-3-5-13(11)16/h2-8H,9H2,1H3,(H,18,19). The fourth-order valence-electron chi connectivity index (χ4n) is 1.72. The minimum absolute atomic E-state index is 0.204. The molecule has 2 rings (SSSR count). The van der Waals surface area contributed by atoms with E-state index in [4.69, 9.17) is 23.2 Å². The Bertz CT molecular complexity index is 611. The predicted octanol–water partition coefficient (Wildman–Crippen LogP) is 4.23. The Morgan fingerprint density at radius 2 is 1.84 bits per heavy atom. The summed E-state index contributed by atoms with van der Waals surface area (Å²) in [5, 5.41) is 3.90. The maximum absolute atomic E-state index is 12.0. The van der Waals surface area contributed by atoms with Crippen LogP contribution in [0.15, 0.2) is 42.5 Å². The number of amides is 1. The van der Waals surface area contributed by atoms with E-state index in [2.05, 4.69) is 5.32 Å². The van der Waals surface area contributed by atoms with Gasteiger partial charge in [0.05, 0.1) is 10.6 Å². The molecule has 0 heterocycles. The number of aryl methyl sites for hydroxylation is 1. The molecule has 2 nitrogen and oxygen atoms in total. The van der Waals surface area contributed by atoms with Gasteiger partial charge in [0.15, 0.2) is 0 Å². The van der Waals surface area contributed by atoms with Crippen LogP contribution in [0.3, 0.4) is 0 Å². The van der Waals surface area contributed by atoms with Crippen LogP contribution in [0.1, 0.15) is 21.5 Å². The second-order valence-corrected chi connectivity index (χ2v) is 5.07. The van der Waals surface area contributed by atoms with Crippen molar-refractivity contribution >= 4 is 29.1 Å². The van der Waals surface area contributed by atoms with Gasteiger partial charge in [-0.25, -0.2) is 0 Å². The quantitative estimate of drug-likeness (QED) is 0.901. The Labute approximate surface area is 122 Å². The van der Waals surface area contributed by atoms with Crippen LogP contribution < -0.4 is 5.32 Å². The number of rotatable bonds is 3. The molecule has 1 amide bonds. The van der Waals surface area contributed by atoms with E-state index in [0.717, 1.165) is 11.1 Å². The molecule has 0 saturated carbocycles. The molecule has 0 atom stereocenters. The zero-order chi connectivity index (χ0) is 13.8. The zero-order valence-corrected chi connectivity index (χ0v) is 11.9. The van der Waals surface area contributed by atoms with Crippen molar-refractivity contribution in [3.05, 3.63) is 69.2 Å². The Balaban J connectivity index is 2.08. The minimum Gasteiger partial charge on any atom is -0.348 e. The van der Waals surface area contributed by atoms with Gasteiger partial charge in [-0.05, 0) is 36.2 Å². The van der Waals surface area contributed by atoms with Crippen molar-refractivity contribution in [2.24, 2.45) is 0 Å². The topological polar surface area (TPSA) is 29.1 Å². The number of halogens is 2. The van der Waals surface area contributed by atoms with Crippen LogP contribution in [0.5, 0.6) is 0 Å². The van der Waals surface area contributed by atoms with Gasteiger partial charge in [-0.1, -0.05) is 47.5 Å². The average molecular weight is 294 g/mol. The second kappa shape index (κ2) is 6.09. The van der Waals surface area contributed by atoms with Crippen LogP contribution in [0.4, 0.5) is 0 Å². The van der Waals surface area contributed by atoms with Gasteiger partial charge in [-0.2, -0.15) is 0 Å². The summed E-state index contributed by atoms with van der Waals surface area (Å²) in [7, 11) is 0. The van der Waals surface area contributed by atoms with Crippen LogP contribution >= 0.6 is 23.2 Å². The molecule has 19 heavy (non-hydrogen) atoms. The van der Waals surface area contributed by atoms with Crippen LogP contribution in [0.25, 0.3) is 0 Å². The van der Waals surface area contributed by atoms with Gasteiger partial charge in [-0.15, -0.1) is 0 Å². The maximum atomic E-state index is 12.0. The summed E-state index contributed by atoms with van der Waals surface area (Å²) < 4.78 is 0. The van der Waals surface area contributed by atoms with Gasteiger partial charge in [0, 0.05) is 11.6 Å². The van der Waals surface area contributed by atoms with Crippen molar-refractivity contribution < 1.29 is 4.79 Å². The molecule has 0 bridgehead atoms. The van der Waals surface area contributed by atoms with E-state index in [1.54, 1.807) is 18.2 Å². The van der Waals surface area contributed by atoms with Crippen LogP contribution in [0.2, 0.25) is 10.0 Å². The third-order valence-corrected chi connectivity index (χ3v) is 3.45. The Morgan fingerprint density at radius 3 is 2.53 bits per heavy atom.